The fourth-order valence-corrected chi connectivity index (χ4v) is 1.41. The molecule has 1 N–H and O–H groups in total. The van der Waals surface area contributed by atoms with Gasteiger partial charge in [-0.3, -0.25) is 9.69 Å². The number of likely N-dealkylation sites (tertiary alicyclic amines) is 1. The van der Waals surface area contributed by atoms with E-state index in [0.29, 0.717) is 18.6 Å². The average molecular weight is 171 g/mol. The number of piperidine rings is 1. The lowest BCUT2D eigenvalue weighted by Crippen LogP contribution is -2.38. The fourth-order valence-electron chi connectivity index (χ4n) is 1.41. The Balaban J connectivity index is 2.21. The summed E-state index contributed by atoms with van der Waals surface area (Å²) in [4.78, 5) is 13.0. The quantitative estimate of drug-likeness (QED) is 0.669. The van der Waals surface area contributed by atoms with Gasteiger partial charge in [0.1, 0.15) is 5.78 Å². The van der Waals surface area contributed by atoms with Gasteiger partial charge in [-0.25, -0.2) is 0 Å². The Labute approximate surface area is 73.4 Å². The Morgan fingerprint density at radius 1 is 1.50 bits per heavy atom. The highest BCUT2D eigenvalue weighted by atomic mass is 16.3. The minimum atomic E-state index is -0.224. The molecule has 70 valence electrons. The number of carbonyl (C=O) groups is 1. The summed E-state index contributed by atoms with van der Waals surface area (Å²) in [5, 5.41) is 9.35. The first-order chi connectivity index (χ1) is 5.72. The van der Waals surface area contributed by atoms with E-state index in [2.05, 4.69) is 4.90 Å². The van der Waals surface area contributed by atoms with Crippen molar-refractivity contribution >= 4 is 5.78 Å². The van der Waals surface area contributed by atoms with Crippen LogP contribution in [0.4, 0.5) is 0 Å². The second-order valence-corrected chi connectivity index (χ2v) is 3.40. The second-order valence-electron chi connectivity index (χ2n) is 3.40. The number of β-amino-alcohol motifs (C(OH)–C–C–N with tert-alkyl or cyclic N) is 1. The Kier molecular flexibility index (Phi) is 3.69. The molecule has 0 aromatic carbocycles. The Morgan fingerprint density at radius 3 is 2.58 bits per heavy atom. The largest absolute Gasteiger partial charge is 0.392 e. The summed E-state index contributed by atoms with van der Waals surface area (Å²) in [6, 6.07) is 0. The smallest absolute Gasteiger partial charge is 0.135 e. The van der Waals surface area contributed by atoms with Crippen molar-refractivity contribution in [3.8, 4) is 0 Å². The molecular formula is C9H17NO2. The maximum absolute atomic E-state index is 10.9. The van der Waals surface area contributed by atoms with Crippen LogP contribution >= 0.6 is 0 Å². The maximum atomic E-state index is 10.9. The molecule has 1 rings (SSSR count). The van der Waals surface area contributed by atoms with Crippen LogP contribution in [0.5, 0.6) is 0 Å². The van der Waals surface area contributed by atoms with E-state index in [9.17, 15) is 9.90 Å². The van der Waals surface area contributed by atoms with Gasteiger partial charge < -0.3 is 5.11 Å². The fraction of sp³-hybridized carbons (Fsp3) is 0.889. The van der Waals surface area contributed by atoms with E-state index < -0.39 is 0 Å². The first kappa shape index (κ1) is 9.68. The zero-order chi connectivity index (χ0) is 8.97. The predicted octanol–water partition coefficient (Wildman–Crippen LogP) is 0.422. The van der Waals surface area contributed by atoms with E-state index in [1.165, 1.54) is 0 Å². The molecule has 0 aromatic heterocycles. The molecule has 0 spiro atoms. The highest BCUT2D eigenvalue weighted by Gasteiger charge is 2.17. The average Bonchev–Trinajstić information content (AvgIpc) is 2.09. The molecular weight excluding hydrogens is 154 g/mol. The van der Waals surface area contributed by atoms with E-state index in [0.717, 1.165) is 26.1 Å². The first-order valence-corrected chi connectivity index (χ1v) is 4.64. The summed E-state index contributed by atoms with van der Waals surface area (Å²) in [5.41, 5.74) is 0. The highest BCUT2D eigenvalue weighted by molar-refractivity contribution is 5.79. The van der Waals surface area contributed by atoms with Crippen LogP contribution in [0.2, 0.25) is 0 Å². The van der Waals surface area contributed by atoms with Crippen LogP contribution in [0, 0.1) is 0 Å². The summed E-state index contributed by atoms with van der Waals surface area (Å²) in [6.45, 7) is 4.36. The molecule has 0 amide bonds. The Bertz CT molecular complexity index is 149. The van der Waals surface area contributed by atoms with Crippen LogP contribution in [0.1, 0.15) is 26.2 Å². The SMILES string of the molecule is CC[C@@H](O)CN1CCC(=O)CC1. The molecule has 1 fully saturated rings. The lowest BCUT2D eigenvalue weighted by molar-refractivity contribution is -0.121. The molecule has 0 radical (unpaired) electrons. The number of aliphatic hydroxyl groups excluding tert-OH is 1. The van der Waals surface area contributed by atoms with Crippen LogP contribution in [0.15, 0.2) is 0 Å². The number of rotatable bonds is 3. The minimum Gasteiger partial charge on any atom is -0.392 e. The highest BCUT2D eigenvalue weighted by Crippen LogP contribution is 2.06. The van der Waals surface area contributed by atoms with Crippen molar-refractivity contribution in [2.24, 2.45) is 0 Å². The summed E-state index contributed by atoms with van der Waals surface area (Å²) in [7, 11) is 0. The van der Waals surface area contributed by atoms with Gasteiger partial charge in [-0.1, -0.05) is 6.92 Å². The Hall–Kier alpha value is -0.410. The lowest BCUT2D eigenvalue weighted by atomic mass is 10.1. The third kappa shape index (κ3) is 2.91. The topological polar surface area (TPSA) is 40.5 Å². The van der Waals surface area contributed by atoms with Gasteiger partial charge in [0.2, 0.25) is 0 Å². The number of aliphatic hydroxyl groups is 1. The van der Waals surface area contributed by atoms with E-state index in [-0.39, 0.29) is 6.10 Å². The maximum Gasteiger partial charge on any atom is 0.135 e. The summed E-state index contributed by atoms with van der Waals surface area (Å²) >= 11 is 0. The molecule has 1 aliphatic rings. The third-order valence-corrected chi connectivity index (χ3v) is 2.35. The van der Waals surface area contributed by atoms with Crippen LogP contribution in [0.25, 0.3) is 0 Å². The van der Waals surface area contributed by atoms with Crippen molar-refractivity contribution in [3.05, 3.63) is 0 Å². The van der Waals surface area contributed by atoms with Gasteiger partial charge in [0, 0.05) is 32.5 Å². The van der Waals surface area contributed by atoms with Crippen molar-refractivity contribution in [3.63, 3.8) is 0 Å². The van der Waals surface area contributed by atoms with Crippen LogP contribution in [0.3, 0.4) is 0 Å². The number of hydrogen-bond donors (Lipinski definition) is 1. The standard InChI is InChI=1S/C9H17NO2/c1-2-8(11)7-10-5-3-9(12)4-6-10/h8,11H,2-7H2,1H3/t8-/m1/s1. The molecule has 12 heavy (non-hydrogen) atoms. The molecule has 1 saturated heterocycles. The van der Waals surface area contributed by atoms with Crippen molar-refractivity contribution in [2.45, 2.75) is 32.3 Å². The zero-order valence-corrected chi connectivity index (χ0v) is 7.62. The molecule has 1 heterocycles. The molecule has 1 atom stereocenters. The summed E-state index contributed by atoms with van der Waals surface area (Å²) < 4.78 is 0. The molecule has 0 saturated carbocycles. The number of ketones is 1. The van der Waals surface area contributed by atoms with Gasteiger partial charge in [-0.05, 0) is 6.42 Å². The van der Waals surface area contributed by atoms with Gasteiger partial charge in [-0.2, -0.15) is 0 Å². The van der Waals surface area contributed by atoms with Crippen LogP contribution in [-0.4, -0.2) is 41.5 Å². The van der Waals surface area contributed by atoms with Crippen LogP contribution in [-0.2, 0) is 4.79 Å². The second kappa shape index (κ2) is 4.58. The normalized spacial score (nSPS) is 22.7. The van der Waals surface area contributed by atoms with Crippen molar-refractivity contribution in [1.82, 2.24) is 4.90 Å². The summed E-state index contributed by atoms with van der Waals surface area (Å²) in [6.07, 6.45) is 1.90. The molecule has 3 nitrogen and oxygen atoms in total. The Morgan fingerprint density at radius 2 is 2.08 bits per heavy atom. The first-order valence-electron chi connectivity index (χ1n) is 4.64. The molecule has 3 heteroatoms. The van der Waals surface area contributed by atoms with E-state index >= 15 is 0 Å². The molecule has 0 bridgehead atoms. The molecule has 0 unspecified atom stereocenters. The van der Waals surface area contributed by atoms with Gasteiger partial charge in [-0.15, -0.1) is 0 Å². The van der Waals surface area contributed by atoms with Crippen molar-refractivity contribution < 1.29 is 9.90 Å². The number of Topliss-reactive ketones (excluding diaryl/α,β-unsaturated/α-hetero) is 1. The van der Waals surface area contributed by atoms with Crippen molar-refractivity contribution in [1.29, 1.82) is 0 Å². The zero-order valence-electron chi connectivity index (χ0n) is 7.62. The van der Waals surface area contributed by atoms with Crippen molar-refractivity contribution in [2.75, 3.05) is 19.6 Å². The van der Waals surface area contributed by atoms with E-state index in [1.54, 1.807) is 0 Å². The van der Waals surface area contributed by atoms with Crippen LogP contribution < -0.4 is 0 Å². The number of hydrogen-bond acceptors (Lipinski definition) is 3. The van der Waals surface area contributed by atoms with Gasteiger partial charge in [0.05, 0.1) is 6.10 Å². The lowest BCUT2D eigenvalue weighted by Gasteiger charge is -2.27. The van der Waals surface area contributed by atoms with E-state index in [1.807, 2.05) is 6.92 Å². The number of carbonyl (C=O) groups excluding carboxylic acids is 1. The predicted molar refractivity (Wildman–Crippen MR) is 47.0 cm³/mol. The van der Waals surface area contributed by atoms with E-state index in [4.69, 9.17) is 0 Å². The summed E-state index contributed by atoms with van der Waals surface area (Å²) in [5.74, 6) is 0.359. The monoisotopic (exact) mass is 171 g/mol. The third-order valence-electron chi connectivity index (χ3n) is 2.35. The minimum absolute atomic E-state index is 0.224. The molecule has 0 aliphatic carbocycles. The molecule has 0 aromatic rings. The van der Waals surface area contributed by atoms with Gasteiger partial charge >= 0.3 is 0 Å². The number of nitrogens with zero attached hydrogens (tertiary/aromatic N) is 1. The molecule has 1 aliphatic heterocycles. The van der Waals surface area contributed by atoms with Gasteiger partial charge in [0.15, 0.2) is 0 Å². The van der Waals surface area contributed by atoms with Gasteiger partial charge in [0.25, 0.3) is 0 Å².